The molecule has 0 aromatic heterocycles. The van der Waals surface area contributed by atoms with Gasteiger partial charge in [0.1, 0.15) is 0 Å². The molecule has 108 valence electrons. The molecular formula is C15H24F2N2. The maximum atomic E-state index is 12.5. The third kappa shape index (κ3) is 4.55. The van der Waals surface area contributed by atoms with Crippen molar-refractivity contribution in [3.63, 3.8) is 0 Å². The smallest absolute Gasteiger partial charge is 0.263 e. The van der Waals surface area contributed by atoms with Gasteiger partial charge in [-0.3, -0.25) is 4.90 Å². The van der Waals surface area contributed by atoms with Gasteiger partial charge in [0, 0.05) is 18.2 Å². The van der Waals surface area contributed by atoms with Crippen LogP contribution in [-0.4, -0.2) is 24.5 Å². The van der Waals surface area contributed by atoms with Crippen LogP contribution < -0.4 is 5.73 Å². The van der Waals surface area contributed by atoms with Crippen molar-refractivity contribution in [2.24, 2.45) is 5.73 Å². The predicted molar refractivity (Wildman–Crippen MR) is 75.3 cm³/mol. The summed E-state index contributed by atoms with van der Waals surface area (Å²) in [5, 5.41) is 0. The number of rotatable bonds is 8. The molecule has 4 heteroatoms. The maximum absolute atomic E-state index is 12.5. The topological polar surface area (TPSA) is 29.3 Å². The number of unbranched alkanes of at least 4 members (excludes halogenated alkanes) is 1. The minimum absolute atomic E-state index is 0.0659. The molecule has 0 aliphatic heterocycles. The summed E-state index contributed by atoms with van der Waals surface area (Å²) in [6, 6.07) is 6.65. The van der Waals surface area contributed by atoms with E-state index < -0.39 is 6.43 Å². The van der Waals surface area contributed by atoms with Crippen LogP contribution in [0.25, 0.3) is 0 Å². The molecule has 0 radical (unpaired) electrons. The number of nitrogens with zero attached hydrogens (tertiary/aromatic N) is 1. The summed E-state index contributed by atoms with van der Waals surface area (Å²) in [4.78, 5) is 2.31. The molecule has 0 aliphatic carbocycles. The fraction of sp³-hybridized carbons (Fsp3) is 0.600. The van der Waals surface area contributed by atoms with E-state index in [1.807, 2.05) is 0 Å². The molecule has 0 fully saturated rings. The number of benzene rings is 1. The number of halogens is 2. The zero-order valence-electron chi connectivity index (χ0n) is 11.8. The molecule has 0 bridgehead atoms. The highest BCUT2D eigenvalue weighted by molar-refractivity contribution is 5.26. The molecule has 0 heterocycles. The molecule has 2 N–H and O–H groups in total. The van der Waals surface area contributed by atoms with Crippen molar-refractivity contribution in [1.82, 2.24) is 4.90 Å². The van der Waals surface area contributed by atoms with Crippen LogP contribution in [0.15, 0.2) is 24.3 Å². The van der Waals surface area contributed by atoms with Crippen molar-refractivity contribution < 1.29 is 8.78 Å². The lowest BCUT2D eigenvalue weighted by Gasteiger charge is -2.30. The summed E-state index contributed by atoms with van der Waals surface area (Å²) < 4.78 is 25.1. The molecule has 1 aromatic carbocycles. The number of hydrogen-bond donors (Lipinski definition) is 1. The van der Waals surface area contributed by atoms with Gasteiger partial charge in [-0.2, -0.15) is 0 Å². The van der Waals surface area contributed by atoms with Gasteiger partial charge in [0.15, 0.2) is 0 Å². The highest BCUT2D eigenvalue weighted by atomic mass is 19.3. The first-order valence-corrected chi connectivity index (χ1v) is 6.96. The highest BCUT2D eigenvalue weighted by Crippen LogP contribution is 2.24. The van der Waals surface area contributed by atoms with E-state index >= 15 is 0 Å². The fourth-order valence-electron chi connectivity index (χ4n) is 2.26. The molecule has 1 aromatic rings. The van der Waals surface area contributed by atoms with E-state index in [-0.39, 0.29) is 11.6 Å². The lowest BCUT2D eigenvalue weighted by Crippen LogP contribution is -2.34. The van der Waals surface area contributed by atoms with E-state index in [4.69, 9.17) is 5.73 Å². The Balaban J connectivity index is 2.82. The monoisotopic (exact) mass is 270 g/mol. The molecule has 19 heavy (non-hydrogen) atoms. The third-order valence-corrected chi connectivity index (χ3v) is 3.44. The second-order valence-electron chi connectivity index (χ2n) is 4.70. The van der Waals surface area contributed by atoms with E-state index in [0.717, 1.165) is 31.5 Å². The van der Waals surface area contributed by atoms with Gasteiger partial charge in [-0.1, -0.05) is 44.5 Å². The zero-order chi connectivity index (χ0) is 14.3. The van der Waals surface area contributed by atoms with Crippen LogP contribution in [0.3, 0.4) is 0 Å². The van der Waals surface area contributed by atoms with Crippen LogP contribution in [0, 0.1) is 0 Å². The number of likely N-dealkylation sites (N-methyl/N-ethyl adjacent to an activating group) is 1. The molecular weight excluding hydrogens is 246 g/mol. The van der Waals surface area contributed by atoms with Crippen molar-refractivity contribution in [3.8, 4) is 0 Å². The lowest BCUT2D eigenvalue weighted by atomic mass is 10.0. The summed E-state index contributed by atoms with van der Waals surface area (Å²) >= 11 is 0. The molecule has 2 nitrogen and oxygen atoms in total. The number of hydrogen-bond acceptors (Lipinski definition) is 2. The van der Waals surface area contributed by atoms with Crippen molar-refractivity contribution in [2.75, 3.05) is 19.6 Å². The van der Waals surface area contributed by atoms with Crippen molar-refractivity contribution >= 4 is 0 Å². The summed E-state index contributed by atoms with van der Waals surface area (Å²) in [7, 11) is 0. The normalized spacial score (nSPS) is 13.2. The Kier molecular flexibility index (Phi) is 6.95. The average Bonchev–Trinajstić information content (AvgIpc) is 2.43. The third-order valence-electron chi connectivity index (χ3n) is 3.44. The van der Waals surface area contributed by atoms with E-state index in [1.165, 1.54) is 12.1 Å². The molecule has 0 saturated carbocycles. The van der Waals surface area contributed by atoms with Crippen molar-refractivity contribution in [3.05, 3.63) is 35.4 Å². The summed E-state index contributed by atoms with van der Waals surface area (Å²) in [6.07, 6.45) is -0.148. The molecule has 0 spiro atoms. The summed E-state index contributed by atoms with van der Waals surface area (Å²) in [6.45, 7) is 6.67. The first-order valence-electron chi connectivity index (χ1n) is 6.96. The SMILES string of the molecule is CCCCN(CC)C(CN)c1ccc(C(F)F)cc1. The van der Waals surface area contributed by atoms with Crippen molar-refractivity contribution in [2.45, 2.75) is 39.2 Å². The Morgan fingerprint density at radius 1 is 1.11 bits per heavy atom. The molecule has 0 aliphatic rings. The minimum atomic E-state index is -2.41. The van der Waals surface area contributed by atoms with Gasteiger partial charge in [0.25, 0.3) is 6.43 Å². The fourth-order valence-corrected chi connectivity index (χ4v) is 2.26. The van der Waals surface area contributed by atoms with Crippen LogP contribution in [0.1, 0.15) is 50.3 Å². The average molecular weight is 270 g/mol. The highest BCUT2D eigenvalue weighted by Gasteiger charge is 2.17. The van der Waals surface area contributed by atoms with Gasteiger partial charge in [-0.25, -0.2) is 8.78 Å². The Morgan fingerprint density at radius 2 is 1.68 bits per heavy atom. The number of nitrogens with two attached hydrogens (primary N) is 1. The van der Waals surface area contributed by atoms with Gasteiger partial charge in [-0.15, -0.1) is 0 Å². The molecule has 1 atom stereocenters. The van der Waals surface area contributed by atoms with Crippen LogP contribution in [0.2, 0.25) is 0 Å². The predicted octanol–water partition coefficient (Wildman–Crippen LogP) is 3.75. The summed E-state index contributed by atoms with van der Waals surface area (Å²) in [5.41, 5.74) is 6.95. The minimum Gasteiger partial charge on any atom is -0.329 e. The zero-order valence-corrected chi connectivity index (χ0v) is 11.8. The number of alkyl halides is 2. The van der Waals surface area contributed by atoms with Gasteiger partial charge < -0.3 is 5.73 Å². The van der Waals surface area contributed by atoms with Crippen molar-refractivity contribution in [1.29, 1.82) is 0 Å². The standard InChI is InChI=1S/C15H24F2N2/c1-3-5-10-19(4-2)14(11-18)12-6-8-13(9-7-12)15(16)17/h6-9,14-15H,3-5,10-11,18H2,1-2H3. The second kappa shape index (κ2) is 8.23. The molecule has 1 rings (SSSR count). The Labute approximate surface area is 114 Å². The summed E-state index contributed by atoms with van der Waals surface area (Å²) in [5.74, 6) is 0. The van der Waals surface area contributed by atoms with Crippen LogP contribution in [-0.2, 0) is 0 Å². The first kappa shape index (κ1) is 16.1. The molecule has 1 unspecified atom stereocenters. The Bertz CT molecular complexity index is 352. The molecule has 0 amide bonds. The van der Waals surface area contributed by atoms with Crippen LogP contribution in [0.5, 0.6) is 0 Å². The van der Waals surface area contributed by atoms with E-state index in [2.05, 4.69) is 18.7 Å². The van der Waals surface area contributed by atoms with Crippen LogP contribution >= 0.6 is 0 Å². The van der Waals surface area contributed by atoms with E-state index in [0.29, 0.717) is 6.54 Å². The maximum Gasteiger partial charge on any atom is 0.263 e. The Morgan fingerprint density at radius 3 is 2.11 bits per heavy atom. The van der Waals surface area contributed by atoms with Gasteiger partial charge in [0.2, 0.25) is 0 Å². The largest absolute Gasteiger partial charge is 0.329 e. The van der Waals surface area contributed by atoms with E-state index in [1.54, 1.807) is 12.1 Å². The second-order valence-corrected chi connectivity index (χ2v) is 4.70. The van der Waals surface area contributed by atoms with Gasteiger partial charge in [0.05, 0.1) is 0 Å². The lowest BCUT2D eigenvalue weighted by molar-refractivity contribution is 0.151. The quantitative estimate of drug-likeness (QED) is 0.779. The van der Waals surface area contributed by atoms with Gasteiger partial charge in [-0.05, 0) is 25.1 Å². The van der Waals surface area contributed by atoms with Crippen LogP contribution in [0.4, 0.5) is 8.78 Å². The van der Waals surface area contributed by atoms with Gasteiger partial charge >= 0.3 is 0 Å². The molecule has 0 saturated heterocycles. The van der Waals surface area contributed by atoms with E-state index in [9.17, 15) is 8.78 Å². The first-order chi connectivity index (χ1) is 9.13. The Hall–Kier alpha value is -1.00.